The molecule has 8 heteroatoms. The first-order valence-corrected chi connectivity index (χ1v) is 11.9. The molecule has 172 valence electrons. The van der Waals surface area contributed by atoms with E-state index in [9.17, 15) is 4.79 Å². The summed E-state index contributed by atoms with van der Waals surface area (Å²) in [4.78, 5) is 13.4. The molecule has 3 aromatic carbocycles. The largest absolute Gasteiger partial charge is 0.486 e. The number of rotatable bonds is 6. The number of nitrogens with one attached hydrogen (secondary N) is 2. The predicted octanol–water partition coefficient (Wildman–Crippen LogP) is 4.87. The Morgan fingerprint density at radius 1 is 1.00 bits per heavy atom. The number of anilines is 1. The number of para-hydroxylation sites is 2. The predicted molar refractivity (Wildman–Crippen MR) is 134 cm³/mol. The minimum atomic E-state index is -0.443. The average Bonchev–Trinajstić information content (AvgIpc) is 3.26. The van der Waals surface area contributed by atoms with Gasteiger partial charge >= 0.3 is 0 Å². The van der Waals surface area contributed by atoms with Crippen LogP contribution in [-0.4, -0.2) is 26.0 Å². The summed E-state index contributed by atoms with van der Waals surface area (Å²) in [5, 5.41) is 11.9. The Morgan fingerprint density at radius 3 is 2.50 bits per heavy atom. The van der Waals surface area contributed by atoms with E-state index in [2.05, 4.69) is 45.2 Å². The average molecular weight is 472 g/mol. The summed E-state index contributed by atoms with van der Waals surface area (Å²) >= 11 is 1.40. The van der Waals surface area contributed by atoms with Gasteiger partial charge in [0.25, 0.3) is 0 Å². The zero-order valence-electron chi connectivity index (χ0n) is 18.9. The van der Waals surface area contributed by atoms with Crippen molar-refractivity contribution in [1.29, 1.82) is 0 Å². The van der Waals surface area contributed by atoms with Crippen LogP contribution in [0.4, 0.5) is 5.69 Å². The lowest BCUT2D eigenvalue weighted by Crippen LogP contribution is -2.41. The Kier molecular flexibility index (Phi) is 6.22. The van der Waals surface area contributed by atoms with E-state index in [4.69, 9.17) is 4.74 Å². The molecule has 0 bridgehead atoms. The highest BCUT2D eigenvalue weighted by Gasteiger charge is 2.38. The van der Waals surface area contributed by atoms with E-state index in [-0.39, 0.29) is 18.6 Å². The summed E-state index contributed by atoms with van der Waals surface area (Å²) in [6.07, 6.45) is 0. The molecule has 0 fully saturated rings. The highest BCUT2D eigenvalue weighted by atomic mass is 32.2. The first-order valence-electron chi connectivity index (χ1n) is 11.1. The van der Waals surface area contributed by atoms with Crippen LogP contribution in [0.25, 0.3) is 0 Å². The van der Waals surface area contributed by atoms with Gasteiger partial charge in [-0.3, -0.25) is 4.79 Å². The second-order valence-corrected chi connectivity index (χ2v) is 9.30. The minimum Gasteiger partial charge on any atom is -0.486 e. The van der Waals surface area contributed by atoms with Crippen molar-refractivity contribution in [1.82, 2.24) is 14.9 Å². The second kappa shape index (κ2) is 9.61. The van der Waals surface area contributed by atoms with Crippen LogP contribution in [-0.2, 0) is 11.4 Å². The number of ether oxygens (including phenoxy) is 1. The first kappa shape index (κ1) is 22.0. The van der Waals surface area contributed by atoms with Crippen molar-refractivity contribution >= 4 is 23.4 Å². The standard InChI is InChI=1S/C26H25N5O2S/c1-17-12-14-19(15-13-17)23-24(25(32)27-21-11-7-6-8-18(21)2)34-26-29-28-22(31(26)30-23)16-33-20-9-4-3-5-10-20/h3-15,23-24,30H,16H2,1-2H3,(H,27,32)/t23-,24-/m1/s1. The molecule has 1 amide bonds. The van der Waals surface area contributed by atoms with Gasteiger partial charge in [-0.2, -0.15) is 0 Å². The topological polar surface area (TPSA) is 81.1 Å². The molecule has 0 saturated carbocycles. The number of amides is 1. The van der Waals surface area contributed by atoms with Crippen LogP contribution in [0.5, 0.6) is 5.75 Å². The Morgan fingerprint density at radius 2 is 1.74 bits per heavy atom. The maximum Gasteiger partial charge on any atom is 0.240 e. The number of nitrogens with zero attached hydrogens (tertiary/aromatic N) is 3. The number of fused-ring (bicyclic) bond motifs is 1. The van der Waals surface area contributed by atoms with Crippen molar-refractivity contribution in [2.75, 3.05) is 10.7 Å². The monoisotopic (exact) mass is 471 g/mol. The van der Waals surface area contributed by atoms with Crippen LogP contribution < -0.4 is 15.5 Å². The fraction of sp³-hybridized carbons (Fsp3) is 0.192. The van der Waals surface area contributed by atoms with Gasteiger partial charge in [0.05, 0.1) is 6.04 Å². The fourth-order valence-corrected chi connectivity index (χ4v) is 4.90. The zero-order valence-corrected chi connectivity index (χ0v) is 19.8. The number of aryl methyl sites for hydroxylation is 2. The molecule has 1 aliphatic heterocycles. The van der Waals surface area contributed by atoms with Crippen molar-refractivity contribution in [3.8, 4) is 5.75 Å². The molecule has 7 nitrogen and oxygen atoms in total. The van der Waals surface area contributed by atoms with Crippen molar-refractivity contribution in [3.63, 3.8) is 0 Å². The van der Waals surface area contributed by atoms with Gasteiger partial charge in [0, 0.05) is 5.69 Å². The van der Waals surface area contributed by atoms with E-state index in [1.807, 2.05) is 73.1 Å². The third-order valence-electron chi connectivity index (χ3n) is 5.71. The fourth-order valence-electron chi connectivity index (χ4n) is 3.80. The van der Waals surface area contributed by atoms with E-state index in [0.717, 1.165) is 28.1 Å². The number of carbonyl (C=O) groups is 1. The van der Waals surface area contributed by atoms with Crippen molar-refractivity contribution in [2.24, 2.45) is 0 Å². The number of aromatic nitrogens is 3. The molecule has 2 heterocycles. The van der Waals surface area contributed by atoms with Crippen LogP contribution in [0, 0.1) is 13.8 Å². The molecule has 2 N–H and O–H groups in total. The molecule has 0 radical (unpaired) electrons. The van der Waals surface area contributed by atoms with Gasteiger partial charge in [0.15, 0.2) is 5.82 Å². The summed E-state index contributed by atoms with van der Waals surface area (Å²) in [5.74, 6) is 1.31. The molecule has 0 aliphatic carbocycles. The number of hydrogen-bond donors (Lipinski definition) is 2. The lowest BCUT2D eigenvalue weighted by molar-refractivity contribution is -0.116. The maximum atomic E-state index is 13.4. The molecule has 0 saturated heterocycles. The molecule has 0 spiro atoms. The van der Waals surface area contributed by atoms with Gasteiger partial charge in [0.2, 0.25) is 11.1 Å². The van der Waals surface area contributed by atoms with Gasteiger partial charge in [-0.05, 0) is 43.2 Å². The molecule has 2 atom stereocenters. The summed E-state index contributed by atoms with van der Waals surface area (Å²) in [7, 11) is 0. The number of thioether (sulfide) groups is 1. The van der Waals surface area contributed by atoms with E-state index in [1.165, 1.54) is 11.8 Å². The molecule has 1 aliphatic rings. The number of benzene rings is 3. The van der Waals surface area contributed by atoms with E-state index in [0.29, 0.717) is 11.0 Å². The molecular formula is C26H25N5O2S. The van der Waals surface area contributed by atoms with Gasteiger partial charge in [0.1, 0.15) is 17.6 Å². The normalized spacial score (nSPS) is 16.9. The quantitative estimate of drug-likeness (QED) is 0.418. The summed E-state index contributed by atoms with van der Waals surface area (Å²) in [6.45, 7) is 4.28. The SMILES string of the molecule is Cc1ccc([C@H]2Nn3c(COc4ccccc4)nnc3S[C@H]2C(=O)Nc2ccccc2C)cc1. The van der Waals surface area contributed by atoms with E-state index >= 15 is 0 Å². The van der Waals surface area contributed by atoms with Crippen molar-refractivity contribution in [2.45, 2.75) is 36.9 Å². The molecular weight excluding hydrogens is 446 g/mol. The highest BCUT2D eigenvalue weighted by molar-refractivity contribution is 8.00. The third kappa shape index (κ3) is 4.63. The van der Waals surface area contributed by atoms with Crippen LogP contribution in [0.1, 0.15) is 28.6 Å². The smallest absolute Gasteiger partial charge is 0.240 e. The van der Waals surface area contributed by atoms with Gasteiger partial charge in [-0.1, -0.05) is 78.0 Å². The number of hydrogen-bond acceptors (Lipinski definition) is 6. The van der Waals surface area contributed by atoms with Gasteiger partial charge in [-0.25, -0.2) is 4.68 Å². The van der Waals surface area contributed by atoms with Gasteiger partial charge < -0.3 is 15.5 Å². The molecule has 4 aromatic rings. The molecule has 1 aromatic heterocycles. The summed E-state index contributed by atoms with van der Waals surface area (Å²) in [6, 6.07) is 25.3. The highest BCUT2D eigenvalue weighted by Crippen LogP contribution is 2.38. The lowest BCUT2D eigenvalue weighted by atomic mass is 10.0. The van der Waals surface area contributed by atoms with E-state index in [1.54, 1.807) is 0 Å². The lowest BCUT2D eigenvalue weighted by Gasteiger charge is -2.33. The Balaban J connectivity index is 1.43. The molecule has 5 rings (SSSR count). The van der Waals surface area contributed by atoms with Crippen LogP contribution in [0.3, 0.4) is 0 Å². The van der Waals surface area contributed by atoms with Crippen LogP contribution in [0.15, 0.2) is 84.0 Å². The molecule has 0 unspecified atom stereocenters. The Bertz CT molecular complexity index is 1290. The summed E-state index contributed by atoms with van der Waals surface area (Å²) < 4.78 is 7.72. The Labute approximate surface area is 202 Å². The van der Waals surface area contributed by atoms with Crippen LogP contribution in [0.2, 0.25) is 0 Å². The van der Waals surface area contributed by atoms with Crippen molar-refractivity contribution < 1.29 is 9.53 Å². The first-order chi connectivity index (χ1) is 16.6. The minimum absolute atomic E-state index is 0.0892. The Hall–Kier alpha value is -3.78. The second-order valence-electron chi connectivity index (χ2n) is 8.20. The number of carbonyl (C=O) groups excluding carboxylic acids is 1. The van der Waals surface area contributed by atoms with Crippen LogP contribution >= 0.6 is 11.8 Å². The van der Waals surface area contributed by atoms with Gasteiger partial charge in [-0.15, -0.1) is 10.2 Å². The molecule has 34 heavy (non-hydrogen) atoms. The zero-order chi connectivity index (χ0) is 23.5. The maximum absolute atomic E-state index is 13.4. The summed E-state index contributed by atoms with van der Waals surface area (Å²) in [5.41, 5.74) is 7.47. The third-order valence-corrected chi connectivity index (χ3v) is 6.93. The van der Waals surface area contributed by atoms with E-state index < -0.39 is 5.25 Å². The van der Waals surface area contributed by atoms with Crippen molar-refractivity contribution in [3.05, 3.63) is 101 Å².